The Kier molecular flexibility index (Phi) is 2.52. The lowest BCUT2D eigenvalue weighted by atomic mass is 9.94. The third-order valence-electron chi connectivity index (χ3n) is 6.42. The van der Waals surface area contributed by atoms with Crippen molar-refractivity contribution in [1.29, 1.82) is 0 Å². The number of carbonyl (C=O) groups excluding carboxylic acids is 1. The highest BCUT2D eigenvalue weighted by molar-refractivity contribution is 5.84. The number of carbonyl (C=O) groups is 1. The van der Waals surface area contributed by atoms with E-state index < -0.39 is 0 Å². The second-order valence-electron chi connectivity index (χ2n) is 7.36. The third-order valence-corrected chi connectivity index (χ3v) is 6.42. The first-order valence-electron chi connectivity index (χ1n) is 8.44. The summed E-state index contributed by atoms with van der Waals surface area (Å²) in [5.74, 6) is 3.65. The molecule has 5 rings (SSSR count). The Hall–Kier alpha value is -1.35. The first kappa shape index (κ1) is 12.2. The van der Waals surface area contributed by atoms with Gasteiger partial charge in [-0.3, -0.25) is 4.79 Å². The average Bonchev–Trinajstić information content (AvgIpc) is 2.91. The largest absolute Gasteiger partial charge is 0.351 e. The fraction of sp³-hybridized carbons (Fsp3) is 0.611. The number of rotatable bonds is 2. The molecule has 0 aromatic heterocycles. The summed E-state index contributed by atoms with van der Waals surface area (Å²) in [6, 6.07) is 8.71. The highest BCUT2D eigenvalue weighted by Crippen LogP contribution is 2.65. The first-order valence-corrected chi connectivity index (χ1v) is 8.44. The molecule has 0 radical (unpaired) electrons. The SMILES string of the molecule is O=C(NC1C2C3CCC(C3)C12)C1NCCc2ccccc21. The molecule has 3 aliphatic carbocycles. The van der Waals surface area contributed by atoms with Crippen LogP contribution >= 0.6 is 0 Å². The molecule has 1 aliphatic heterocycles. The predicted octanol–water partition coefficient (Wildman–Crippen LogP) is 2.03. The normalized spacial score (nSPS) is 42.3. The molecule has 1 aromatic carbocycles. The van der Waals surface area contributed by atoms with Gasteiger partial charge in [-0.25, -0.2) is 0 Å². The molecule has 110 valence electrons. The Morgan fingerprint density at radius 1 is 1.14 bits per heavy atom. The van der Waals surface area contributed by atoms with Gasteiger partial charge in [0.2, 0.25) is 5.91 Å². The lowest BCUT2D eigenvalue weighted by molar-refractivity contribution is -0.123. The quantitative estimate of drug-likeness (QED) is 0.871. The second-order valence-corrected chi connectivity index (χ2v) is 7.36. The summed E-state index contributed by atoms with van der Waals surface area (Å²) in [5.41, 5.74) is 2.50. The minimum Gasteiger partial charge on any atom is -0.351 e. The van der Waals surface area contributed by atoms with E-state index in [-0.39, 0.29) is 11.9 Å². The molecular weight excluding hydrogens is 260 g/mol. The summed E-state index contributed by atoms with van der Waals surface area (Å²) < 4.78 is 0. The van der Waals surface area contributed by atoms with Gasteiger partial charge in [0.1, 0.15) is 6.04 Å². The maximum atomic E-state index is 12.7. The van der Waals surface area contributed by atoms with Crippen LogP contribution < -0.4 is 10.6 Å². The molecule has 5 unspecified atom stereocenters. The molecule has 3 nitrogen and oxygen atoms in total. The van der Waals surface area contributed by atoms with E-state index in [4.69, 9.17) is 0 Å². The van der Waals surface area contributed by atoms with Gasteiger partial charge in [-0.2, -0.15) is 0 Å². The highest BCUT2D eigenvalue weighted by atomic mass is 16.2. The van der Waals surface area contributed by atoms with Crippen LogP contribution in [0.25, 0.3) is 0 Å². The fourth-order valence-corrected chi connectivity index (χ4v) is 5.50. The Morgan fingerprint density at radius 2 is 1.90 bits per heavy atom. The van der Waals surface area contributed by atoms with E-state index in [2.05, 4.69) is 28.8 Å². The van der Waals surface area contributed by atoms with Crippen molar-refractivity contribution in [3.8, 4) is 0 Å². The van der Waals surface area contributed by atoms with E-state index in [0.717, 1.165) is 36.6 Å². The van der Waals surface area contributed by atoms with E-state index >= 15 is 0 Å². The molecule has 3 fully saturated rings. The van der Waals surface area contributed by atoms with Crippen LogP contribution in [0.5, 0.6) is 0 Å². The van der Waals surface area contributed by atoms with Crippen molar-refractivity contribution in [3.63, 3.8) is 0 Å². The molecule has 3 saturated carbocycles. The number of hydrogen-bond donors (Lipinski definition) is 2. The zero-order chi connectivity index (χ0) is 14.0. The molecule has 2 N–H and O–H groups in total. The number of amides is 1. The molecule has 2 bridgehead atoms. The zero-order valence-electron chi connectivity index (χ0n) is 12.2. The molecule has 5 atom stereocenters. The van der Waals surface area contributed by atoms with E-state index in [1.807, 2.05) is 6.07 Å². The topological polar surface area (TPSA) is 41.1 Å². The van der Waals surface area contributed by atoms with E-state index in [9.17, 15) is 4.79 Å². The molecule has 1 heterocycles. The lowest BCUT2D eigenvalue weighted by Crippen LogP contribution is -2.43. The average molecular weight is 282 g/mol. The molecule has 0 saturated heterocycles. The predicted molar refractivity (Wildman–Crippen MR) is 80.6 cm³/mol. The van der Waals surface area contributed by atoms with Crippen molar-refractivity contribution in [2.45, 2.75) is 37.8 Å². The van der Waals surface area contributed by atoms with Crippen molar-refractivity contribution in [3.05, 3.63) is 35.4 Å². The number of fused-ring (bicyclic) bond motifs is 6. The summed E-state index contributed by atoms with van der Waals surface area (Å²) in [6.07, 6.45) is 5.27. The van der Waals surface area contributed by atoms with Crippen LogP contribution in [-0.2, 0) is 11.2 Å². The van der Waals surface area contributed by atoms with Gasteiger partial charge in [0.05, 0.1) is 0 Å². The van der Waals surface area contributed by atoms with Gasteiger partial charge >= 0.3 is 0 Å². The third kappa shape index (κ3) is 1.73. The number of hydrogen-bond acceptors (Lipinski definition) is 2. The van der Waals surface area contributed by atoms with Crippen LogP contribution in [-0.4, -0.2) is 18.5 Å². The summed E-state index contributed by atoms with van der Waals surface area (Å²) >= 11 is 0. The van der Waals surface area contributed by atoms with E-state index in [0.29, 0.717) is 6.04 Å². The van der Waals surface area contributed by atoms with Crippen molar-refractivity contribution < 1.29 is 4.79 Å². The van der Waals surface area contributed by atoms with E-state index in [1.165, 1.54) is 30.4 Å². The standard InChI is InChI=1S/C18H22N2O/c21-18(16-13-4-2-1-3-10(13)7-8-19-16)20-17-14-11-5-6-12(9-11)15(14)17/h1-4,11-12,14-17,19H,5-9H2,(H,20,21). The van der Waals surface area contributed by atoms with Gasteiger partial charge in [-0.15, -0.1) is 0 Å². The molecular formula is C18H22N2O. The molecule has 1 aromatic rings. The Balaban J connectivity index is 1.32. The Bertz CT molecular complexity index is 583. The number of nitrogens with one attached hydrogen (secondary N) is 2. The van der Waals surface area contributed by atoms with Gasteiger partial charge in [0, 0.05) is 12.6 Å². The van der Waals surface area contributed by atoms with Crippen LogP contribution in [0, 0.1) is 23.7 Å². The Labute approximate surface area is 125 Å². The summed E-state index contributed by atoms with van der Waals surface area (Å²) in [7, 11) is 0. The zero-order valence-corrected chi connectivity index (χ0v) is 12.2. The van der Waals surface area contributed by atoms with Crippen LogP contribution in [0.2, 0.25) is 0 Å². The number of benzene rings is 1. The minimum absolute atomic E-state index is 0.145. The second kappa shape index (κ2) is 4.33. The van der Waals surface area contributed by atoms with E-state index in [1.54, 1.807) is 0 Å². The highest BCUT2D eigenvalue weighted by Gasteiger charge is 2.65. The van der Waals surface area contributed by atoms with Gasteiger partial charge in [-0.05, 0) is 60.5 Å². The summed E-state index contributed by atoms with van der Waals surface area (Å²) in [6.45, 7) is 0.901. The van der Waals surface area contributed by atoms with Gasteiger partial charge in [0.15, 0.2) is 0 Å². The Morgan fingerprint density at radius 3 is 2.71 bits per heavy atom. The lowest BCUT2D eigenvalue weighted by Gasteiger charge is -2.26. The van der Waals surface area contributed by atoms with Crippen molar-refractivity contribution in [1.82, 2.24) is 10.6 Å². The molecule has 3 heteroatoms. The van der Waals surface area contributed by atoms with Gasteiger partial charge < -0.3 is 10.6 Å². The van der Waals surface area contributed by atoms with Crippen LogP contribution in [0.1, 0.15) is 36.4 Å². The van der Waals surface area contributed by atoms with Crippen molar-refractivity contribution >= 4 is 5.91 Å². The monoisotopic (exact) mass is 282 g/mol. The van der Waals surface area contributed by atoms with Crippen LogP contribution in [0.15, 0.2) is 24.3 Å². The van der Waals surface area contributed by atoms with Crippen molar-refractivity contribution in [2.24, 2.45) is 23.7 Å². The first-order chi connectivity index (χ1) is 10.3. The smallest absolute Gasteiger partial charge is 0.241 e. The van der Waals surface area contributed by atoms with Gasteiger partial charge in [-0.1, -0.05) is 24.3 Å². The minimum atomic E-state index is -0.145. The van der Waals surface area contributed by atoms with Crippen LogP contribution in [0.4, 0.5) is 0 Å². The molecule has 21 heavy (non-hydrogen) atoms. The van der Waals surface area contributed by atoms with Crippen LogP contribution in [0.3, 0.4) is 0 Å². The van der Waals surface area contributed by atoms with Gasteiger partial charge in [0.25, 0.3) is 0 Å². The molecule has 1 amide bonds. The maximum absolute atomic E-state index is 12.7. The molecule has 0 spiro atoms. The summed E-state index contributed by atoms with van der Waals surface area (Å²) in [5, 5.41) is 6.77. The fourth-order valence-electron chi connectivity index (χ4n) is 5.50. The molecule has 4 aliphatic rings. The maximum Gasteiger partial charge on any atom is 0.241 e. The van der Waals surface area contributed by atoms with Crippen molar-refractivity contribution in [2.75, 3.05) is 6.54 Å². The summed E-state index contributed by atoms with van der Waals surface area (Å²) in [4.78, 5) is 12.7.